The van der Waals surface area contributed by atoms with Gasteiger partial charge in [-0.1, -0.05) is 112 Å². The molecule has 0 aliphatic carbocycles. The number of benzene rings is 3. The molecular weight excluding hydrogens is 512 g/mol. The molecule has 0 spiro atoms. The van der Waals surface area contributed by atoms with Crippen LogP contribution in [-0.4, -0.2) is 33.7 Å². The zero-order valence-electron chi connectivity index (χ0n) is 23.8. The number of carboxylic acid groups (broad SMARTS) is 1. The molecule has 1 aliphatic rings. The Morgan fingerprint density at radius 2 is 1.41 bits per heavy atom. The van der Waals surface area contributed by atoms with Gasteiger partial charge in [-0.15, -0.1) is 0 Å². The van der Waals surface area contributed by atoms with E-state index in [0.717, 1.165) is 33.4 Å². The quantitative estimate of drug-likeness (QED) is 0.241. The van der Waals surface area contributed by atoms with Crippen LogP contribution in [-0.2, 0) is 13.2 Å². The number of carbonyl (C=O) groups is 1. The molecule has 2 heterocycles. The van der Waals surface area contributed by atoms with Crippen LogP contribution in [0.2, 0.25) is 0 Å². The second kappa shape index (κ2) is 12.3. The summed E-state index contributed by atoms with van der Waals surface area (Å²) >= 11 is 0. The second-order valence-electron chi connectivity index (χ2n) is 11.4. The molecule has 0 bridgehead atoms. The summed E-state index contributed by atoms with van der Waals surface area (Å²) in [5, 5.41) is 9.71. The molecule has 0 radical (unpaired) electrons. The molecule has 1 N–H and O–H groups in total. The molecule has 41 heavy (non-hydrogen) atoms. The van der Waals surface area contributed by atoms with Gasteiger partial charge in [-0.25, -0.2) is 4.79 Å². The number of rotatable bonds is 8. The van der Waals surface area contributed by atoms with Crippen LogP contribution in [0, 0.1) is 5.41 Å². The van der Waals surface area contributed by atoms with E-state index in [2.05, 4.69) is 45.0 Å². The molecule has 6 heteroatoms. The van der Waals surface area contributed by atoms with Crippen molar-refractivity contribution in [3.63, 3.8) is 0 Å². The first kappa shape index (κ1) is 28.0. The van der Waals surface area contributed by atoms with Gasteiger partial charge in [0.05, 0.1) is 0 Å². The molecule has 5 rings (SSSR count). The smallest absolute Gasteiger partial charge is 0.407 e. The summed E-state index contributed by atoms with van der Waals surface area (Å²) in [6, 6.07) is 32.1. The van der Waals surface area contributed by atoms with E-state index in [0.29, 0.717) is 37.9 Å². The molecule has 1 amide bonds. The molecule has 0 saturated heterocycles. The molecule has 4 aromatic rings. The van der Waals surface area contributed by atoms with E-state index in [9.17, 15) is 9.90 Å². The van der Waals surface area contributed by atoms with E-state index in [4.69, 9.17) is 14.5 Å². The minimum atomic E-state index is -0.873. The summed E-state index contributed by atoms with van der Waals surface area (Å²) < 4.78 is 12.2. The van der Waals surface area contributed by atoms with Gasteiger partial charge in [0.2, 0.25) is 11.8 Å². The SMILES string of the molecule is CC(C)(C)C1CC(c2ccc(-c3ccc(OCc4ccccc4)nc3OCc3ccccc3)cc2)=CCN1C(=O)O. The molecule has 1 aromatic heterocycles. The third-order valence-electron chi connectivity index (χ3n) is 7.42. The fraction of sp³-hybridized carbons (Fsp3) is 0.257. The van der Waals surface area contributed by atoms with Crippen molar-refractivity contribution in [3.05, 3.63) is 120 Å². The Kier molecular flexibility index (Phi) is 8.39. The Balaban J connectivity index is 1.39. The number of hydrogen-bond acceptors (Lipinski definition) is 4. The zero-order valence-corrected chi connectivity index (χ0v) is 23.8. The molecule has 210 valence electrons. The normalized spacial score (nSPS) is 15.2. The summed E-state index contributed by atoms with van der Waals surface area (Å²) in [6.07, 6.45) is 1.83. The van der Waals surface area contributed by atoms with Crippen LogP contribution >= 0.6 is 0 Å². The Morgan fingerprint density at radius 3 is 2.00 bits per heavy atom. The minimum Gasteiger partial charge on any atom is -0.473 e. The van der Waals surface area contributed by atoms with Crippen LogP contribution in [0.5, 0.6) is 11.8 Å². The first-order chi connectivity index (χ1) is 19.8. The summed E-state index contributed by atoms with van der Waals surface area (Å²) in [7, 11) is 0. The maximum atomic E-state index is 11.8. The van der Waals surface area contributed by atoms with Gasteiger partial charge in [0.25, 0.3) is 0 Å². The van der Waals surface area contributed by atoms with Gasteiger partial charge in [-0.2, -0.15) is 4.98 Å². The predicted octanol–water partition coefficient (Wildman–Crippen LogP) is 8.09. The molecule has 1 unspecified atom stereocenters. The van der Waals surface area contributed by atoms with Gasteiger partial charge in [0.1, 0.15) is 13.2 Å². The van der Waals surface area contributed by atoms with Gasteiger partial charge < -0.3 is 19.5 Å². The van der Waals surface area contributed by atoms with Crippen LogP contribution < -0.4 is 9.47 Å². The zero-order chi connectivity index (χ0) is 28.8. The number of pyridine rings is 1. The first-order valence-electron chi connectivity index (χ1n) is 13.9. The number of ether oxygens (including phenoxy) is 2. The largest absolute Gasteiger partial charge is 0.473 e. The van der Waals surface area contributed by atoms with E-state index in [1.54, 1.807) is 4.90 Å². The van der Waals surface area contributed by atoms with Gasteiger partial charge in [0, 0.05) is 24.2 Å². The molecule has 6 nitrogen and oxygen atoms in total. The standard InChI is InChI=1S/C35H36N2O4/c1-35(2,3)31-22-29(20-21-37(31)34(38)39)27-14-16-28(17-15-27)30-18-19-32(40-23-25-10-6-4-7-11-25)36-33(30)41-24-26-12-8-5-9-13-26/h4-20,31H,21-24H2,1-3H3,(H,38,39). The highest BCUT2D eigenvalue weighted by Crippen LogP contribution is 2.37. The van der Waals surface area contributed by atoms with E-state index in [-0.39, 0.29) is 11.5 Å². The first-order valence-corrected chi connectivity index (χ1v) is 13.9. The summed E-state index contributed by atoms with van der Waals surface area (Å²) in [4.78, 5) is 18.1. The average Bonchev–Trinajstić information content (AvgIpc) is 2.99. The lowest BCUT2D eigenvalue weighted by molar-refractivity contribution is 0.0884. The van der Waals surface area contributed by atoms with Crippen molar-refractivity contribution < 1.29 is 19.4 Å². The van der Waals surface area contributed by atoms with Gasteiger partial charge in [0.15, 0.2) is 0 Å². The highest BCUT2D eigenvalue weighted by Gasteiger charge is 2.36. The molecule has 0 saturated carbocycles. The monoisotopic (exact) mass is 548 g/mol. The lowest BCUT2D eigenvalue weighted by Gasteiger charge is -2.41. The molecule has 1 aliphatic heterocycles. The lowest BCUT2D eigenvalue weighted by atomic mass is 9.79. The van der Waals surface area contributed by atoms with Crippen LogP contribution in [0.4, 0.5) is 4.79 Å². The Hall–Kier alpha value is -4.58. The van der Waals surface area contributed by atoms with Crippen molar-refractivity contribution in [3.8, 4) is 22.9 Å². The van der Waals surface area contributed by atoms with E-state index >= 15 is 0 Å². The van der Waals surface area contributed by atoms with Crippen molar-refractivity contribution in [2.75, 3.05) is 6.54 Å². The van der Waals surface area contributed by atoms with Gasteiger partial charge in [-0.05, 0) is 45.7 Å². The van der Waals surface area contributed by atoms with Crippen molar-refractivity contribution in [1.29, 1.82) is 0 Å². The molecule has 1 atom stereocenters. The Bertz CT molecular complexity index is 1490. The van der Waals surface area contributed by atoms with Crippen LogP contribution in [0.15, 0.2) is 103 Å². The fourth-order valence-electron chi connectivity index (χ4n) is 5.11. The maximum absolute atomic E-state index is 11.8. The van der Waals surface area contributed by atoms with Crippen molar-refractivity contribution in [1.82, 2.24) is 9.88 Å². The Morgan fingerprint density at radius 1 is 0.829 bits per heavy atom. The maximum Gasteiger partial charge on any atom is 0.407 e. The lowest BCUT2D eigenvalue weighted by Crippen LogP contribution is -2.48. The summed E-state index contributed by atoms with van der Waals surface area (Å²) in [5.74, 6) is 1.01. The number of hydrogen-bond donors (Lipinski definition) is 1. The van der Waals surface area contributed by atoms with Crippen molar-refractivity contribution >= 4 is 11.7 Å². The van der Waals surface area contributed by atoms with Gasteiger partial charge in [-0.3, -0.25) is 0 Å². The van der Waals surface area contributed by atoms with Crippen LogP contribution in [0.1, 0.15) is 43.9 Å². The van der Waals surface area contributed by atoms with Crippen molar-refractivity contribution in [2.45, 2.75) is 46.4 Å². The van der Waals surface area contributed by atoms with Crippen LogP contribution in [0.3, 0.4) is 0 Å². The van der Waals surface area contributed by atoms with Crippen molar-refractivity contribution in [2.24, 2.45) is 5.41 Å². The third-order valence-corrected chi connectivity index (χ3v) is 7.42. The third kappa shape index (κ3) is 6.95. The topological polar surface area (TPSA) is 71.9 Å². The summed E-state index contributed by atoms with van der Waals surface area (Å²) in [6.45, 7) is 7.48. The second-order valence-corrected chi connectivity index (χ2v) is 11.4. The van der Waals surface area contributed by atoms with Gasteiger partial charge >= 0.3 is 6.09 Å². The average molecular weight is 549 g/mol. The summed E-state index contributed by atoms with van der Waals surface area (Å²) in [5.41, 5.74) is 6.07. The predicted molar refractivity (Wildman–Crippen MR) is 162 cm³/mol. The number of amides is 1. The molecular formula is C35H36N2O4. The van der Waals surface area contributed by atoms with E-state index in [1.165, 1.54) is 0 Å². The highest BCUT2D eigenvalue weighted by molar-refractivity contribution is 5.75. The molecule has 3 aromatic carbocycles. The molecule has 0 fully saturated rings. The number of nitrogens with zero attached hydrogens (tertiary/aromatic N) is 2. The van der Waals surface area contributed by atoms with Crippen LogP contribution in [0.25, 0.3) is 16.7 Å². The highest BCUT2D eigenvalue weighted by atomic mass is 16.5. The Labute approximate surface area is 241 Å². The van der Waals surface area contributed by atoms with E-state index in [1.807, 2.05) is 78.9 Å². The fourth-order valence-corrected chi connectivity index (χ4v) is 5.11. The van der Waals surface area contributed by atoms with E-state index < -0.39 is 6.09 Å². The number of aromatic nitrogens is 1. The minimum absolute atomic E-state index is 0.0923.